The van der Waals surface area contributed by atoms with E-state index in [9.17, 15) is 0 Å². The average Bonchev–Trinajstić information content (AvgIpc) is 2.46. The fraction of sp³-hybridized carbons (Fsp3) is 0.600. The second-order valence-electron chi connectivity index (χ2n) is 4.56. The summed E-state index contributed by atoms with van der Waals surface area (Å²) < 4.78 is 17.1. The van der Waals surface area contributed by atoms with Crippen molar-refractivity contribution < 1.29 is 14.2 Å². The van der Waals surface area contributed by atoms with E-state index in [-0.39, 0.29) is 6.04 Å². The number of rotatable bonds is 7. The number of fused-ring (bicyclic) bond motifs is 1. The van der Waals surface area contributed by atoms with E-state index in [1.54, 1.807) is 0 Å². The van der Waals surface area contributed by atoms with Crippen LogP contribution in [0.3, 0.4) is 0 Å². The summed E-state index contributed by atoms with van der Waals surface area (Å²) in [6, 6.07) is 6.19. The molecule has 0 bridgehead atoms. The van der Waals surface area contributed by atoms with Gasteiger partial charge in [-0.15, -0.1) is 0 Å². The van der Waals surface area contributed by atoms with Gasteiger partial charge >= 0.3 is 0 Å². The molecule has 0 fully saturated rings. The van der Waals surface area contributed by atoms with Crippen molar-refractivity contribution in [2.24, 2.45) is 0 Å². The second-order valence-corrected chi connectivity index (χ2v) is 4.56. The predicted molar refractivity (Wildman–Crippen MR) is 75.0 cm³/mol. The minimum Gasteiger partial charge on any atom is -0.486 e. The molecule has 0 radical (unpaired) electrons. The van der Waals surface area contributed by atoms with Gasteiger partial charge in [-0.3, -0.25) is 0 Å². The lowest BCUT2D eigenvalue weighted by atomic mass is 10.1. The Labute approximate surface area is 115 Å². The van der Waals surface area contributed by atoms with Crippen molar-refractivity contribution in [1.29, 1.82) is 0 Å². The van der Waals surface area contributed by atoms with E-state index in [4.69, 9.17) is 14.2 Å². The lowest BCUT2D eigenvalue weighted by molar-refractivity contribution is 0.109. The first-order valence-electron chi connectivity index (χ1n) is 7.06. The molecule has 1 aliphatic rings. The molecule has 4 heteroatoms. The van der Waals surface area contributed by atoms with Gasteiger partial charge in [-0.05, 0) is 19.0 Å². The quantitative estimate of drug-likeness (QED) is 0.769. The molecule has 4 nitrogen and oxygen atoms in total. The van der Waals surface area contributed by atoms with E-state index in [0.717, 1.165) is 36.6 Å². The SMILES string of the molecule is CCCOCC(NCC)c1cccc2c1OCCO2. The van der Waals surface area contributed by atoms with E-state index < -0.39 is 0 Å². The molecule has 1 N–H and O–H groups in total. The van der Waals surface area contributed by atoms with Gasteiger partial charge in [0.15, 0.2) is 11.5 Å². The van der Waals surface area contributed by atoms with Crippen LogP contribution >= 0.6 is 0 Å². The summed E-state index contributed by atoms with van der Waals surface area (Å²) in [7, 11) is 0. The van der Waals surface area contributed by atoms with Gasteiger partial charge in [0.1, 0.15) is 13.2 Å². The molecule has 2 rings (SSSR count). The highest BCUT2D eigenvalue weighted by atomic mass is 16.6. The van der Waals surface area contributed by atoms with Crippen LogP contribution < -0.4 is 14.8 Å². The fourth-order valence-corrected chi connectivity index (χ4v) is 2.22. The Kier molecular flexibility index (Phi) is 5.48. The van der Waals surface area contributed by atoms with Crippen molar-refractivity contribution in [2.45, 2.75) is 26.3 Å². The summed E-state index contributed by atoms with van der Waals surface area (Å²) in [6.07, 6.45) is 1.03. The molecule has 1 aromatic carbocycles. The molecule has 1 atom stereocenters. The van der Waals surface area contributed by atoms with E-state index in [1.165, 1.54) is 0 Å². The Morgan fingerprint density at radius 1 is 1.26 bits per heavy atom. The molecule has 1 aromatic rings. The van der Waals surface area contributed by atoms with E-state index in [2.05, 4.69) is 25.2 Å². The van der Waals surface area contributed by atoms with Crippen molar-refractivity contribution >= 4 is 0 Å². The number of para-hydroxylation sites is 1. The maximum atomic E-state index is 5.77. The molecule has 0 spiro atoms. The molecule has 0 aliphatic carbocycles. The number of hydrogen-bond acceptors (Lipinski definition) is 4. The third-order valence-electron chi connectivity index (χ3n) is 3.06. The van der Waals surface area contributed by atoms with Crippen molar-refractivity contribution in [3.63, 3.8) is 0 Å². The van der Waals surface area contributed by atoms with E-state index in [0.29, 0.717) is 19.8 Å². The minimum atomic E-state index is 0.146. The summed E-state index contributed by atoms with van der Waals surface area (Å²) in [5, 5.41) is 3.45. The predicted octanol–water partition coefficient (Wildman–Crippen LogP) is 2.54. The molecule has 0 saturated heterocycles. The first-order chi connectivity index (χ1) is 9.36. The van der Waals surface area contributed by atoms with Crippen LogP contribution in [0.25, 0.3) is 0 Å². The van der Waals surface area contributed by atoms with Gasteiger partial charge in [-0.1, -0.05) is 26.0 Å². The number of ether oxygens (including phenoxy) is 3. The van der Waals surface area contributed by atoms with Crippen molar-refractivity contribution in [3.05, 3.63) is 23.8 Å². The molecule has 0 amide bonds. The van der Waals surface area contributed by atoms with Crippen LogP contribution in [0.1, 0.15) is 31.9 Å². The molecule has 1 aliphatic heterocycles. The molecular weight excluding hydrogens is 242 g/mol. The summed E-state index contributed by atoms with van der Waals surface area (Å²) in [5.41, 5.74) is 1.12. The van der Waals surface area contributed by atoms with Crippen LogP contribution in [0, 0.1) is 0 Å². The van der Waals surface area contributed by atoms with Crippen LogP contribution in [0.4, 0.5) is 0 Å². The van der Waals surface area contributed by atoms with E-state index in [1.807, 2.05) is 12.1 Å². The van der Waals surface area contributed by atoms with Crippen molar-refractivity contribution in [1.82, 2.24) is 5.32 Å². The lowest BCUT2D eigenvalue weighted by Gasteiger charge is -2.25. The maximum Gasteiger partial charge on any atom is 0.166 e. The molecule has 19 heavy (non-hydrogen) atoms. The molecule has 1 unspecified atom stereocenters. The van der Waals surface area contributed by atoms with Crippen LogP contribution in [-0.4, -0.2) is 33.0 Å². The van der Waals surface area contributed by atoms with Crippen LogP contribution in [-0.2, 0) is 4.74 Å². The average molecular weight is 265 g/mol. The third kappa shape index (κ3) is 3.61. The molecule has 1 heterocycles. The Balaban J connectivity index is 2.15. The Morgan fingerprint density at radius 2 is 2.11 bits per heavy atom. The van der Waals surface area contributed by atoms with Gasteiger partial charge < -0.3 is 19.5 Å². The Hall–Kier alpha value is -1.26. The van der Waals surface area contributed by atoms with Gasteiger partial charge in [-0.2, -0.15) is 0 Å². The standard InChI is InChI=1S/C15H23NO3/c1-3-8-17-11-13(16-4-2)12-6-5-7-14-15(12)19-10-9-18-14/h5-7,13,16H,3-4,8-11H2,1-2H3. The number of likely N-dealkylation sites (N-methyl/N-ethyl adjacent to an activating group) is 1. The van der Waals surface area contributed by atoms with Crippen molar-refractivity contribution in [3.8, 4) is 11.5 Å². The highest BCUT2D eigenvalue weighted by molar-refractivity contribution is 5.49. The number of benzene rings is 1. The summed E-state index contributed by atoms with van der Waals surface area (Å²) in [6.45, 7) is 7.77. The monoisotopic (exact) mass is 265 g/mol. The zero-order valence-corrected chi connectivity index (χ0v) is 11.8. The van der Waals surface area contributed by atoms with Gasteiger partial charge in [0, 0.05) is 12.2 Å². The van der Waals surface area contributed by atoms with E-state index >= 15 is 0 Å². The molecule has 106 valence electrons. The van der Waals surface area contributed by atoms with Gasteiger partial charge in [0.05, 0.1) is 12.6 Å². The number of hydrogen-bond donors (Lipinski definition) is 1. The van der Waals surface area contributed by atoms with Gasteiger partial charge in [0.25, 0.3) is 0 Å². The van der Waals surface area contributed by atoms with Crippen LogP contribution in [0.2, 0.25) is 0 Å². The van der Waals surface area contributed by atoms with Crippen molar-refractivity contribution in [2.75, 3.05) is 33.0 Å². The Morgan fingerprint density at radius 3 is 2.89 bits per heavy atom. The highest BCUT2D eigenvalue weighted by Crippen LogP contribution is 2.36. The van der Waals surface area contributed by atoms with Gasteiger partial charge in [-0.25, -0.2) is 0 Å². The first-order valence-corrected chi connectivity index (χ1v) is 7.06. The van der Waals surface area contributed by atoms with Crippen LogP contribution in [0.5, 0.6) is 11.5 Å². The fourth-order valence-electron chi connectivity index (χ4n) is 2.22. The summed E-state index contributed by atoms with van der Waals surface area (Å²) in [5.74, 6) is 1.70. The highest BCUT2D eigenvalue weighted by Gasteiger charge is 2.21. The molecular formula is C15H23NO3. The molecule has 0 aromatic heterocycles. The Bertz CT molecular complexity index is 395. The normalized spacial score (nSPS) is 15.3. The topological polar surface area (TPSA) is 39.7 Å². The largest absolute Gasteiger partial charge is 0.486 e. The minimum absolute atomic E-state index is 0.146. The lowest BCUT2D eigenvalue weighted by Crippen LogP contribution is -2.27. The van der Waals surface area contributed by atoms with Gasteiger partial charge in [0.2, 0.25) is 0 Å². The number of nitrogens with one attached hydrogen (secondary N) is 1. The summed E-state index contributed by atoms with van der Waals surface area (Å²) in [4.78, 5) is 0. The summed E-state index contributed by atoms with van der Waals surface area (Å²) >= 11 is 0. The smallest absolute Gasteiger partial charge is 0.166 e. The maximum absolute atomic E-state index is 5.77. The zero-order valence-electron chi connectivity index (χ0n) is 11.8. The first kappa shape index (κ1) is 14.2. The second kappa shape index (κ2) is 7.36. The zero-order chi connectivity index (χ0) is 13.5. The van der Waals surface area contributed by atoms with Crippen LogP contribution in [0.15, 0.2) is 18.2 Å². The molecule has 0 saturated carbocycles. The third-order valence-corrected chi connectivity index (χ3v) is 3.06.